The van der Waals surface area contributed by atoms with Crippen molar-refractivity contribution < 1.29 is 0 Å². The quantitative estimate of drug-likeness (QED) is 0.750. The zero-order valence-electron chi connectivity index (χ0n) is 12.5. The highest BCUT2D eigenvalue weighted by Gasteiger charge is 2.26. The van der Waals surface area contributed by atoms with Gasteiger partial charge in [-0.3, -0.25) is 0 Å². The van der Waals surface area contributed by atoms with E-state index >= 15 is 0 Å². The van der Waals surface area contributed by atoms with Crippen LogP contribution in [0.1, 0.15) is 57.9 Å². The minimum absolute atomic E-state index is 0.696. The van der Waals surface area contributed by atoms with E-state index in [1.165, 1.54) is 50.5 Å². The third kappa shape index (κ3) is 4.61. The van der Waals surface area contributed by atoms with Crippen LogP contribution in [-0.2, 0) is 6.42 Å². The van der Waals surface area contributed by atoms with Crippen molar-refractivity contribution >= 4 is 11.3 Å². The van der Waals surface area contributed by atoms with E-state index in [4.69, 9.17) is 0 Å². The predicted molar refractivity (Wildman–Crippen MR) is 85.8 cm³/mol. The second kappa shape index (κ2) is 8.06. The lowest BCUT2D eigenvalue weighted by molar-refractivity contribution is 0.214. The van der Waals surface area contributed by atoms with Gasteiger partial charge in [-0.2, -0.15) is 11.3 Å². The van der Waals surface area contributed by atoms with Gasteiger partial charge in [0.05, 0.1) is 0 Å². The molecule has 1 N–H and O–H groups in total. The summed E-state index contributed by atoms with van der Waals surface area (Å²) in [5.41, 5.74) is 1.52. The van der Waals surface area contributed by atoms with Crippen molar-refractivity contribution in [3.05, 3.63) is 22.4 Å². The zero-order valence-corrected chi connectivity index (χ0v) is 13.3. The maximum atomic E-state index is 3.74. The highest BCUT2D eigenvalue weighted by molar-refractivity contribution is 7.07. The van der Waals surface area contributed by atoms with Crippen LogP contribution in [0.3, 0.4) is 0 Å². The number of hydrogen-bond acceptors (Lipinski definition) is 2. The van der Waals surface area contributed by atoms with Crippen LogP contribution >= 0.6 is 11.3 Å². The number of hydrogen-bond donors (Lipinski definition) is 1. The maximum absolute atomic E-state index is 3.74. The molecule has 0 amide bonds. The molecule has 1 fully saturated rings. The van der Waals surface area contributed by atoms with Gasteiger partial charge in [0.25, 0.3) is 0 Å². The molecule has 2 rings (SSSR count). The van der Waals surface area contributed by atoms with Crippen molar-refractivity contribution in [2.45, 2.75) is 64.8 Å². The van der Waals surface area contributed by atoms with Gasteiger partial charge < -0.3 is 5.32 Å². The number of nitrogens with one attached hydrogen (secondary N) is 1. The van der Waals surface area contributed by atoms with Gasteiger partial charge in [0.15, 0.2) is 0 Å². The van der Waals surface area contributed by atoms with Crippen LogP contribution in [-0.4, -0.2) is 12.6 Å². The van der Waals surface area contributed by atoms with Gasteiger partial charge in [0, 0.05) is 6.04 Å². The van der Waals surface area contributed by atoms with Crippen LogP contribution in [0, 0.1) is 11.8 Å². The largest absolute Gasteiger partial charge is 0.314 e. The molecule has 108 valence electrons. The standard InChI is InChI=1S/C17H29NS/c1-3-5-14-6-8-16(9-7-14)17(18-4-2)12-15-10-11-19-13-15/h10-11,13-14,16-18H,3-9,12H2,1-2H3. The fraction of sp³-hybridized carbons (Fsp3) is 0.765. The summed E-state index contributed by atoms with van der Waals surface area (Å²) >= 11 is 1.83. The Bertz CT molecular complexity index is 325. The normalized spacial score (nSPS) is 25.4. The first-order chi connectivity index (χ1) is 9.33. The first kappa shape index (κ1) is 15.1. The molecule has 0 radical (unpaired) electrons. The van der Waals surface area contributed by atoms with E-state index in [1.807, 2.05) is 11.3 Å². The van der Waals surface area contributed by atoms with Crippen LogP contribution in [0.2, 0.25) is 0 Å². The molecular formula is C17H29NS. The molecule has 1 unspecified atom stereocenters. The SMILES string of the molecule is CCCC1CCC(C(Cc2ccsc2)NCC)CC1. The van der Waals surface area contributed by atoms with E-state index in [9.17, 15) is 0 Å². The van der Waals surface area contributed by atoms with Gasteiger partial charge >= 0.3 is 0 Å². The van der Waals surface area contributed by atoms with Gasteiger partial charge in [-0.25, -0.2) is 0 Å². The molecule has 0 aromatic carbocycles. The molecule has 2 heteroatoms. The molecule has 1 atom stereocenters. The molecule has 1 nitrogen and oxygen atoms in total. The van der Waals surface area contributed by atoms with Crippen molar-refractivity contribution in [3.63, 3.8) is 0 Å². The van der Waals surface area contributed by atoms with Crippen molar-refractivity contribution in [1.29, 1.82) is 0 Å². The smallest absolute Gasteiger partial charge is 0.0136 e. The minimum atomic E-state index is 0.696. The average Bonchev–Trinajstić information content (AvgIpc) is 2.93. The Balaban J connectivity index is 1.85. The topological polar surface area (TPSA) is 12.0 Å². The van der Waals surface area contributed by atoms with Gasteiger partial charge in [-0.1, -0.05) is 39.5 Å². The number of thiophene rings is 1. The van der Waals surface area contributed by atoms with Crippen molar-refractivity contribution in [2.75, 3.05) is 6.54 Å². The van der Waals surface area contributed by atoms with Crippen LogP contribution < -0.4 is 5.32 Å². The molecule has 19 heavy (non-hydrogen) atoms. The lowest BCUT2D eigenvalue weighted by atomic mass is 9.76. The predicted octanol–water partition coefficient (Wildman–Crippen LogP) is 4.88. The van der Waals surface area contributed by atoms with E-state index in [2.05, 4.69) is 36.0 Å². The molecule has 1 aromatic rings. The average molecular weight is 279 g/mol. The molecule has 0 saturated heterocycles. The van der Waals surface area contributed by atoms with Crippen LogP contribution in [0.4, 0.5) is 0 Å². The molecule has 0 spiro atoms. The Morgan fingerprint density at radius 1 is 1.26 bits per heavy atom. The summed E-state index contributed by atoms with van der Waals surface area (Å²) in [5.74, 6) is 1.91. The summed E-state index contributed by atoms with van der Waals surface area (Å²) in [4.78, 5) is 0. The Morgan fingerprint density at radius 2 is 2.05 bits per heavy atom. The Morgan fingerprint density at radius 3 is 2.63 bits per heavy atom. The number of rotatable bonds is 7. The van der Waals surface area contributed by atoms with E-state index in [0.717, 1.165) is 18.4 Å². The van der Waals surface area contributed by atoms with E-state index in [0.29, 0.717) is 6.04 Å². The van der Waals surface area contributed by atoms with Crippen molar-refractivity contribution in [3.8, 4) is 0 Å². The molecule has 1 heterocycles. The van der Waals surface area contributed by atoms with E-state index in [1.54, 1.807) is 0 Å². The van der Waals surface area contributed by atoms with Crippen LogP contribution in [0.5, 0.6) is 0 Å². The summed E-state index contributed by atoms with van der Waals surface area (Å²) in [5, 5.41) is 8.26. The third-order valence-electron chi connectivity index (χ3n) is 4.66. The van der Waals surface area contributed by atoms with E-state index < -0.39 is 0 Å². The lowest BCUT2D eigenvalue weighted by Crippen LogP contribution is -2.39. The second-order valence-electron chi connectivity index (χ2n) is 6.07. The second-order valence-corrected chi connectivity index (χ2v) is 6.85. The molecule has 1 saturated carbocycles. The highest BCUT2D eigenvalue weighted by Crippen LogP contribution is 2.34. The fourth-order valence-corrected chi connectivity index (χ4v) is 4.30. The summed E-state index contributed by atoms with van der Waals surface area (Å²) < 4.78 is 0. The Hall–Kier alpha value is -0.340. The molecule has 1 aliphatic rings. The minimum Gasteiger partial charge on any atom is -0.314 e. The van der Waals surface area contributed by atoms with Crippen LogP contribution in [0.25, 0.3) is 0 Å². The Kier molecular flexibility index (Phi) is 6.39. The highest BCUT2D eigenvalue weighted by atomic mass is 32.1. The van der Waals surface area contributed by atoms with E-state index in [-0.39, 0.29) is 0 Å². The van der Waals surface area contributed by atoms with Gasteiger partial charge in [-0.15, -0.1) is 0 Å². The fourth-order valence-electron chi connectivity index (χ4n) is 3.62. The van der Waals surface area contributed by atoms with Gasteiger partial charge in [0.1, 0.15) is 0 Å². The Labute approximate surface area is 122 Å². The van der Waals surface area contributed by atoms with Crippen molar-refractivity contribution in [1.82, 2.24) is 5.32 Å². The summed E-state index contributed by atoms with van der Waals surface area (Å²) in [6.45, 7) is 5.66. The zero-order chi connectivity index (χ0) is 13.5. The summed E-state index contributed by atoms with van der Waals surface area (Å²) in [6, 6.07) is 2.99. The maximum Gasteiger partial charge on any atom is 0.0136 e. The molecule has 1 aliphatic carbocycles. The molecule has 0 aliphatic heterocycles. The summed E-state index contributed by atoms with van der Waals surface area (Å²) in [7, 11) is 0. The number of likely N-dealkylation sites (N-methyl/N-ethyl adjacent to an activating group) is 1. The van der Waals surface area contributed by atoms with Gasteiger partial charge in [-0.05, 0) is 60.0 Å². The first-order valence-corrected chi connectivity index (χ1v) is 9.02. The third-order valence-corrected chi connectivity index (χ3v) is 5.39. The van der Waals surface area contributed by atoms with Crippen LogP contribution in [0.15, 0.2) is 16.8 Å². The summed E-state index contributed by atoms with van der Waals surface area (Å²) in [6.07, 6.45) is 9.83. The monoisotopic (exact) mass is 279 g/mol. The first-order valence-electron chi connectivity index (χ1n) is 8.07. The van der Waals surface area contributed by atoms with Gasteiger partial charge in [0.2, 0.25) is 0 Å². The lowest BCUT2D eigenvalue weighted by Gasteiger charge is -2.34. The molecule has 0 bridgehead atoms. The molecular weight excluding hydrogens is 250 g/mol. The molecule has 1 aromatic heterocycles. The van der Waals surface area contributed by atoms with Crippen molar-refractivity contribution in [2.24, 2.45) is 11.8 Å².